The third-order valence-corrected chi connectivity index (χ3v) is 6.61. The number of carbonyl (C=O) groups excluding carboxylic acids is 1. The Morgan fingerprint density at radius 2 is 1.92 bits per heavy atom. The standard InChI is InChI=1S/C24H28F2N8O3/c1-33-10-18(30-13-33)15-6-19(21(27)29-9-15)36-11-14-2-4-34(5-3-14)20-7-17(22(28)35)31-23(32-20)37-12-16-8-24(16,25)26/h6-7,9-10,13-14,16H,2-5,8,11-12H2,1H3,(H2,27,29)(H2,28,35)/t16-/m1/s1. The van der Waals surface area contributed by atoms with Crippen molar-refractivity contribution in [3.8, 4) is 23.0 Å². The third kappa shape index (κ3) is 5.70. The van der Waals surface area contributed by atoms with Gasteiger partial charge in [-0.25, -0.2) is 18.7 Å². The summed E-state index contributed by atoms with van der Waals surface area (Å²) in [6, 6.07) is 3.20. The number of amides is 1. The minimum Gasteiger partial charge on any atom is -0.489 e. The zero-order chi connectivity index (χ0) is 26.2. The molecular weight excluding hydrogens is 486 g/mol. The number of anilines is 2. The summed E-state index contributed by atoms with van der Waals surface area (Å²) in [5.41, 5.74) is 13.0. The molecule has 2 aliphatic rings. The first kappa shape index (κ1) is 24.7. The molecule has 1 aliphatic heterocycles. The Bertz CT molecular complexity index is 1290. The van der Waals surface area contributed by atoms with Crippen LogP contribution in [0.25, 0.3) is 11.3 Å². The lowest BCUT2D eigenvalue weighted by Crippen LogP contribution is -2.36. The number of primary amides is 1. The van der Waals surface area contributed by atoms with Gasteiger partial charge in [-0.15, -0.1) is 0 Å². The first-order chi connectivity index (χ1) is 17.7. The number of aryl methyl sites for hydroxylation is 1. The number of rotatable bonds is 9. The minimum atomic E-state index is -2.71. The molecular formula is C24H28F2N8O3. The average Bonchev–Trinajstić information content (AvgIpc) is 3.26. The van der Waals surface area contributed by atoms with E-state index in [1.165, 1.54) is 6.07 Å². The fourth-order valence-electron chi connectivity index (χ4n) is 4.20. The molecule has 0 radical (unpaired) electrons. The van der Waals surface area contributed by atoms with E-state index in [2.05, 4.69) is 19.9 Å². The van der Waals surface area contributed by atoms with E-state index in [-0.39, 0.29) is 30.7 Å². The van der Waals surface area contributed by atoms with E-state index < -0.39 is 17.7 Å². The van der Waals surface area contributed by atoms with Crippen LogP contribution in [0.4, 0.5) is 20.4 Å². The van der Waals surface area contributed by atoms with Crippen molar-refractivity contribution in [2.24, 2.45) is 24.6 Å². The molecule has 13 heteroatoms. The van der Waals surface area contributed by atoms with Crippen LogP contribution in [0, 0.1) is 11.8 Å². The first-order valence-electron chi connectivity index (χ1n) is 12.0. The Labute approximate surface area is 211 Å². The number of ether oxygens (including phenoxy) is 2. The van der Waals surface area contributed by atoms with Gasteiger partial charge in [0.05, 0.1) is 24.5 Å². The topological polar surface area (TPSA) is 147 Å². The van der Waals surface area contributed by atoms with Gasteiger partial charge in [0.2, 0.25) is 0 Å². The van der Waals surface area contributed by atoms with Crippen molar-refractivity contribution in [1.82, 2.24) is 24.5 Å². The van der Waals surface area contributed by atoms with Crippen LogP contribution in [0.2, 0.25) is 0 Å². The molecule has 2 fully saturated rings. The number of halogens is 2. The molecule has 1 aliphatic carbocycles. The van der Waals surface area contributed by atoms with E-state index in [9.17, 15) is 13.6 Å². The Morgan fingerprint density at radius 3 is 2.57 bits per heavy atom. The Hall–Kier alpha value is -4.03. The van der Waals surface area contributed by atoms with Gasteiger partial charge in [0.25, 0.3) is 11.8 Å². The number of hydrogen-bond acceptors (Lipinski definition) is 9. The zero-order valence-electron chi connectivity index (χ0n) is 20.3. The van der Waals surface area contributed by atoms with Crippen LogP contribution < -0.4 is 25.8 Å². The number of pyridine rings is 1. The highest BCUT2D eigenvalue weighted by Crippen LogP contribution is 2.48. The Morgan fingerprint density at radius 1 is 1.16 bits per heavy atom. The predicted octanol–water partition coefficient (Wildman–Crippen LogP) is 2.28. The molecule has 37 heavy (non-hydrogen) atoms. The highest BCUT2D eigenvalue weighted by Gasteiger charge is 2.57. The lowest BCUT2D eigenvalue weighted by Gasteiger charge is -2.32. The van der Waals surface area contributed by atoms with Gasteiger partial charge in [-0.3, -0.25) is 4.79 Å². The largest absolute Gasteiger partial charge is 0.489 e. The zero-order valence-corrected chi connectivity index (χ0v) is 20.3. The van der Waals surface area contributed by atoms with Crippen molar-refractivity contribution < 1.29 is 23.0 Å². The molecule has 1 saturated heterocycles. The number of imidazole rings is 1. The Kier molecular flexibility index (Phi) is 6.52. The fraction of sp³-hybridized carbons (Fsp3) is 0.458. The van der Waals surface area contributed by atoms with Crippen molar-refractivity contribution in [3.05, 3.63) is 36.5 Å². The predicted molar refractivity (Wildman–Crippen MR) is 130 cm³/mol. The molecule has 1 saturated carbocycles. The van der Waals surface area contributed by atoms with E-state index in [1.54, 1.807) is 12.5 Å². The molecule has 0 spiro atoms. The average molecular weight is 515 g/mol. The maximum Gasteiger partial charge on any atom is 0.319 e. The van der Waals surface area contributed by atoms with Crippen molar-refractivity contribution in [2.45, 2.75) is 25.2 Å². The maximum atomic E-state index is 13.2. The van der Waals surface area contributed by atoms with Crippen LogP contribution in [-0.4, -0.2) is 62.6 Å². The molecule has 1 amide bonds. The van der Waals surface area contributed by atoms with Crippen LogP contribution >= 0.6 is 0 Å². The number of piperidine rings is 1. The molecule has 196 valence electrons. The van der Waals surface area contributed by atoms with Gasteiger partial charge in [0.15, 0.2) is 11.6 Å². The normalized spacial score (nSPS) is 19.0. The van der Waals surface area contributed by atoms with Crippen LogP contribution in [0.15, 0.2) is 30.9 Å². The van der Waals surface area contributed by atoms with Crippen molar-refractivity contribution in [2.75, 3.05) is 36.9 Å². The number of alkyl halides is 2. The highest BCUT2D eigenvalue weighted by atomic mass is 19.3. The molecule has 0 unspecified atom stereocenters. The summed E-state index contributed by atoms with van der Waals surface area (Å²) in [6.45, 7) is 1.54. The van der Waals surface area contributed by atoms with Crippen LogP contribution in [0.1, 0.15) is 29.8 Å². The number of aromatic nitrogens is 5. The minimum absolute atomic E-state index is 0.0243. The summed E-state index contributed by atoms with van der Waals surface area (Å²) in [5.74, 6) is -2.76. The summed E-state index contributed by atoms with van der Waals surface area (Å²) in [7, 11) is 1.89. The molecule has 3 aromatic rings. The number of nitrogens with zero attached hydrogens (tertiary/aromatic N) is 6. The van der Waals surface area contributed by atoms with E-state index in [4.69, 9.17) is 20.9 Å². The van der Waals surface area contributed by atoms with Gasteiger partial charge in [0.1, 0.15) is 18.1 Å². The van der Waals surface area contributed by atoms with E-state index >= 15 is 0 Å². The lowest BCUT2D eigenvalue weighted by atomic mass is 9.98. The van der Waals surface area contributed by atoms with Crippen molar-refractivity contribution in [1.29, 1.82) is 0 Å². The van der Waals surface area contributed by atoms with E-state index in [0.717, 1.165) is 24.1 Å². The summed E-state index contributed by atoms with van der Waals surface area (Å²) >= 11 is 0. The monoisotopic (exact) mass is 514 g/mol. The molecule has 0 aromatic carbocycles. The SMILES string of the molecule is Cn1cnc(-c2cnc(N)c(OCC3CCN(c4cc(C(N)=O)nc(OC[C@H]5CC5(F)F)n4)CC3)c2)c1. The summed E-state index contributed by atoms with van der Waals surface area (Å²) < 4.78 is 39.6. The van der Waals surface area contributed by atoms with Gasteiger partial charge >= 0.3 is 6.01 Å². The van der Waals surface area contributed by atoms with E-state index in [0.29, 0.717) is 37.1 Å². The maximum absolute atomic E-state index is 13.2. The van der Waals surface area contributed by atoms with E-state index in [1.807, 2.05) is 28.8 Å². The molecule has 11 nitrogen and oxygen atoms in total. The van der Waals surface area contributed by atoms with Gasteiger partial charge in [-0.1, -0.05) is 0 Å². The van der Waals surface area contributed by atoms with Crippen molar-refractivity contribution >= 4 is 17.5 Å². The lowest BCUT2D eigenvalue weighted by molar-refractivity contribution is 0.0838. The second-order valence-electron chi connectivity index (χ2n) is 9.50. The summed E-state index contributed by atoms with van der Waals surface area (Å²) in [5, 5.41) is 0. The van der Waals surface area contributed by atoms with Gasteiger partial charge in [0, 0.05) is 50.6 Å². The second-order valence-corrected chi connectivity index (χ2v) is 9.50. The smallest absolute Gasteiger partial charge is 0.319 e. The molecule has 1 atom stereocenters. The highest BCUT2D eigenvalue weighted by molar-refractivity contribution is 5.91. The first-order valence-corrected chi connectivity index (χ1v) is 12.0. The Balaban J connectivity index is 1.18. The number of carbonyl (C=O) groups is 1. The molecule has 0 bridgehead atoms. The molecule has 4 heterocycles. The molecule has 4 N–H and O–H groups in total. The van der Waals surface area contributed by atoms with Crippen molar-refractivity contribution in [3.63, 3.8) is 0 Å². The van der Waals surface area contributed by atoms with Crippen LogP contribution in [-0.2, 0) is 7.05 Å². The number of nitrogens with two attached hydrogens (primary N) is 2. The molecule has 5 rings (SSSR count). The number of hydrogen-bond donors (Lipinski definition) is 2. The fourth-order valence-corrected chi connectivity index (χ4v) is 4.20. The van der Waals surface area contributed by atoms with Gasteiger partial charge < -0.3 is 30.4 Å². The van der Waals surface area contributed by atoms with Crippen LogP contribution in [0.3, 0.4) is 0 Å². The number of nitrogen functional groups attached to an aromatic ring is 1. The van der Waals surface area contributed by atoms with Gasteiger partial charge in [-0.2, -0.15) is 9.97 Å². The summed E-state index contributed by atoms with van der Waals surface area (Å²) in [6.07, 6.45) is 6.65. The van der Waals surface area contributed by atoms with Crippen LogP contribution in [0.5, 0.6) is 11.8 Å². The second kappa shape index (κ2) is 9.79. The molecule has 3 aromatic heterocycles. The van der Waals surface area contributed by atoms with Gasteiger partial charge in [-0.05, 0) is 24.8 Å². The summed E-state index contributed by atoms with van der Waals surface area (Å²) in [4.78, 5) is 30.6. The quantitative estimate of drug-likeness (QED) is 0.439. The third-order valence-electron chi connectivity index (χ3n) is 6.61.